The van der Waals surface area contributed by atoms with Crippen LogP contribution in [0, 0.1) is 18.8 Å². The summed E-state index contributed by atoms with van der Waals surface area (Å²) >= 11 is 0. The zero-order chi connectivity index (χ0) is 15.1. The Morgan fingerprint density at radius 3 is 2.64 bits per heavy atom. The molecule has 0 saturated carbocycles. The first kappa shape index (κ1) is 13.2. The van der Waals surface area contributed by atoms with Gasteiger partial charge in [-0.1, -0.05) is 0 Å². The van der Waals surface area contributed by atoms with E-state index in [4.69, 9.17) is 0 Å². The van der Waals surface area contributed by atoms with E-state index in [1.165, 1.54) is 0 Å². The zero-order valence-corrected chi connectivity index (χ0v) is 12.4. The zero-order valence-electron chi connectivity index (χ0n) is 12.4. The molecule has 2 atom stereocenters. The first-order chi connectivity index (χ1) is 10.7. The summed E-state index contributed by atoms with van der Waals surface area (Å²) in [4.78, 5) is 25.1. The number of H-pyrrole nitrogens is 1. The minimum atomic E-state index is 0.0765. The van der Waals surface area contributed by atoms with Gasteiger partial charge in [-0.2, -0.15) is 5.10 Å². The second kappa shape index (κ2) is 5.08. The molecule has 2 unspecified atom stereocenters. The standard InChI is InChI=1S/C15H18N6O/c1-10-2-14(17-9-16-10)20-5-12-7-21(8-13(12)6-20)15(22)11-3-18-19-4-11/h2-4,9,12-13H,5-8H2,1H3,(H,18,19). The third-order valence-electron chi connectivity index (χ3n) is 4.63. The van der Waals surface area contributed by atoms with Crippen LogP contribution in [0.3, 0.4) is 0 Å². The molecule has 7 heteroatoms. The molecule has 2 fully saturated rings. The van der Waals surface area contributed by atoms with Crippen LogP contribution in [0.25, 0.3) is 0 Å². The summed E-state index contributed by atoms with van der Waals surface area (Å²) in [5.74, 6) is 2.11. The lowest BCUT2D eigenvalue weighted by molar-refractivity contribution is 0.0782. The smallest absolute Gasteiger partial charge is 0.257 e. The third-order valence-corrected chi connectivity index (χ3v) is 4.63. The topological polar surface area (TPSA) is 78.0 Å². The number of carbonyl (C=O) groups excluding carboxylic acids is 1. The van der Waals surface area contributed by atoms with Gasteiger partial charge >= 0.3 is 0 Å². The number of nitrogens with one attached hydrogen (secondary N) is 1. The van der Waals surface area contributed by atoms with Gasteiger partial charge in [0.25, 0.3) is 5.91 Å². The first-order valence-electron chi connectivity index (χ1n) is 7.52. The normalized spacial score (nSPS) is 23.9. The molecule has 2 aliphatic heterocycles. The molecule has 1 N–H and O–H groups in total. The van der Waals surface area contributed by atoms with Gasteiger partial charge in [0, 0.05) is 56.0 Å². The Bertz CT molecular complexity index is 671. The van der Waals surface area contributed by atoms with Crippen LogP contribution in [0.15, 0.2) is 24.8 Å². The van der Waals surface area contributed by atoms with Gasteiger partial charge in [-0.05, 0) is 6.92 Å². The van der Waals surface area contributed by atoms with E-state index in [-0.39, 0.29) is 5.91 Å². The van der Waals surface area contributed by atoms with Gasteiger partial charge in [0.1, 0.15) is 12.1 Å². The summed E-state index contributed by atoms with van der Waals surface area (Å²) in [6, 6.07) is 2.02. The molecular weight excluding hydrogens is 280 g/mol. The lowest BCUT2D eigenvalue weighted by Gasteiger charge is -2.22. The van der Waals surface area contributed by atoms with Crippen molar-refractivity contribution in [1.29, 1.82) is 0 Å². The average Bonchev–Trinajstić information content (AvgIpc) is 3.22. The number of aromatic nitrogens is 4. The van der Waals surface area contributed by atoms with Gasteiger partial charge in [-0.25, -0.2) is 9.97 Å². The highest BCUT2D eigenvalue weighted by Gasteiger charge is 2.42. The first-order valence-corrected chi connectivity index (χ1v) is 7.52. The molecule has 1 amide bonds. The van der Waals surface area contributed by atoms with E-state index >= 15 is 0 Å². The van der Waals surface area contributed by atoms with Crippen LogP contribution >= 0.6 is 0 Å². The Hall–Kier alpha value is -2.44. The van der Waals surface area contributed by atoms with Crippen molar-refractivity contribution in [3.05, 3.63) is 36.0 Å². The number of anilines is 1. The second-order valence-electron chi connectivity index (χ2n) is 6.14. The fourth-order valence-electron chi connectivity index (χ4n) is 3.51. The van der Waals surface area contributed by atoms with Crippen molar-refractivity contribution in [3.63, 3.8) is 0 Å². The summed E-state index contributed by atoms with van der Waals surface area (Å²) in [7, 11) is 0. The van der Waals surface area contributed by atoms with Crippen LogP contribution < -0.4 is 4.90 Å². The third kappa shape index (κ3) is 2.22. The van der Waals surface area contributed by atoms with E-state index in [0.29, 0.717) is 17.4 Å². The van der Waals surface area contributed by atoms with Crippen LogP contribution in [0.1, 0.15) is 16.1 Å². The molecule has 22 heavy (non-hydrogen) atoms. The molecule has 0 radical (unpaired) electrons. The highest BCUT2D eigenvalue weighted by Crippen LogP contribution is 2.33. The predicted octanol–water partition coefficient (Wildman–Crippen LogP) is 0.717. The molecule has 2 aromatic rings. The highest BCUT2D eigenvalue weighted by molar-refractivity contribution is 5.93. The van der Waals surface area contributed by atoms with E-state index < -0.39 is 0 Å². The van der Waals surface area contributed by atoms with Crippen molar-refractivity contribution in [2.75, 3.05) is 31.1 Å². The minimum absolute atomic E-state index is 0.0765. The van der Waals surface area contributed by atoms with Gasteiger partial charge in [-0.15, -0.1) is 0 Å². The number of nitrogens with zero attached hydrogens (tertiary/aromatic N) is 5. The Labute approximate surface area is 128 Å². The van der Waals surface area contributed by atoms with E-state index in [0.717, 1.165) is 37.7 Å². The molecule has 0 spiro atoms. The van der Waals surface area contributed by atoms with E-state index in [9.17, 15) is 4.79 Å². The lowest BCUT2D eigenvalue weighted by atomic mass is 10.0. The van der Waals surface area contributed by atoms with Crippen LogP contribution in [0.4, 0.5) is 5.82 Å². The van der Waals surface area contributed by atoms with Crippen molar-refractivity contribution < 1.29 is 4.79 Å². The molecule has 2 saturated heterocycles. The molecule has 114 valence electrons. The summed E-state index contributed by atoms with van der Waals surface area (Å²) in [6.45, 7) is 5.52. The summed E-state index contributed by atoms with van der Waals surface area (Å²) < 4.78 is 0. The molecule has 0 aromatic carbocycles. The number of rotatable bonds is 2. The number of hydrogen-bond acceptors (Lipinski definition) is 5. The van der Waals surface area contributed by atoms with E-state index in [2.05, 4.69) is 25.1 Å². The minimum Gasteiger partial charge on any atom is -0.356 e. The van der Waals surface area contributed by atoms with Gasteiger partial charge in [-0.3, -0.25) is 9.89 Å². The fraction of sp³-hybridized carbons (Fsp3) is 0.467. The largest absolute Gasteiger partial charge is 0.356 e. The van der Waals surface area contributed by atoms with Crippen LogP contribution in [-0.4, -0.2) is 57.2 Å². The van der Waals surface area contributed by atoms with Crippen molar-refractivity contribution in [2.45, 2.75) is 6.92 Å². The molecule has 0 aliphatic carbocycles. The Kier molecular flexibility index (Phi) is 3.06. The van der Waals surface area contributed by atoms with E-state index in [1.807, 2.05) is 17.9 Å². The quantitative estimate of drug-likeness (QED) is 0.884. The Balaban J connectivity index is 1.43. The molecular formula is C15H18N6O. The number of likely N-dealkylation sites (tertiary alicyclic amines) is 1. The Morgan fingerprint density at radius 2 is 2.00 bits per heavy atom. The highest BCUT2D eigenvalue weighted by atomic mass is 16.2. The maximum Gasteiger partial charge on any atom is 0.257 e. The van der Waals surface area contributed by atoms with Crippen LogP contribution in [0.5, 0.6) is 0 Å². The SMILES string of the molecule is Cc1cc(N2CC3CN(C(=O)c4cn[nH]c4)CC3C2)ncn1. The number of hydrogen-bond donors (Lipinski definition) is 1. The van der Waals surface area contributed by atoms with Crippen molar-refractivity contribution in [3.8, 4) is 0 Å². The van der Waals surface area contributed by atoms with Gasteiger partial charge in [0.2, 0.25) is 0 Å². The van der Waals surface area contributed by atoms with Gasteiger partial charge in [0.15, 0.2) is 0 Å². The summed E-state index contributed by atoms with van der Waals surface area (Å²) in [6.07, 6.45) is 4.87. The molecule has 4 heterocycles. The number of amides is 1. The lowest BCUT2D eigenvalue weighted by Crippen LogP contribution is -2.33. The monoisotopic (exact) mass is 298 g/mol. The van der Waals surface area contributed by atoms with Gasteiger partial charge < -0.3 is 9.80 Å². The fourth-order valence-corrected chi connectivity index (χ4v) is 3.51. The summed E-state index contributed by atoms with van der Waals surface area (Å²) in [5.41, 5.74) is 1.63. The van der Waals surface area contributed by atoms with Gasteiger partial charge in [0.05, 0.1) is 11.8 Å². The summed E-state index contributed by atoms with van der Waals surface area (Å²) in [5, 5.41) is 6.55. The van der Waals surface area contributed by atoms with Crippen LogP contribution in [-0.2, 0) is 0 Å². The van der Waals surface area contributed by atoms with Crippen molar-refractivity contribution in [2.24, 2.45) is 11.8 Å². The maximum atomic E-state index is 12.4. The number of fused-ring (bicyclic) bond motifs is 1. The second-order valence-corrected chi connectivity index (χ2v) is 6.14. The molecule has 7 nitrogen and oxygen atoms in total. The predicted molar refractivity (Wildman–Crippen MR) is 80.5 cm³/mol. The van der Waals surface area contributed by atoms with Crippen LogP contribution in [0.2, 0.25) is 0 Å². The Morgan fingerprint density at radius 1 is 1.23 bits per heavy atom. The maximum absolute atomic E-state index is 12.4. The number of carbonyl (C=O) groups is 1. The molecule has 2 aromatic heterocycles. The number of aryl methyl sites for hydroxylation is 1. The molecule has 2 aliphatic rings. The van der Waals surface area contributed by atoms with Crippen molar-refractivity contribution in [1.82, 2.24) is 25.1 Å². The van der Waals surface area contributed by atoms with E-state index in [1.54, 1.807) is 18.7 Å². The van der Waals surface area contributed by atoms with Crippen molar-refractivity contribution >= 4 is 11.7 Å². The number of aromatic amines is 1. The molecule has 0 bridgehead atoms. The average molecular weight is 298 g/mol. The molecule has 4 rings (SSSR count).